The number of amides is 1. The van der Waals surface area contributed by atoms with Crippen LogP contribution in [0.25, 0.3) is 0 Å². The average Bonchev–Trinajstić information content (AvgIpc) is 2.93. The van der Waals surface area contributed by atoms with Crippen LogP contribution in [0.5, 0.6) is 5.75 Å². The molecule has 1 amide bonds. The summed E-state index contributed by atoms with van der Waals surface area (Å²) in [6, 6.07) is 14.5. The summed E-state index contributed by atoms with van der Waals surface area (Å²) in [5, 5.41) is 6.16. The van der Waals surface area contributed by atoms with E-state index in [1.807, 2.05) is 65.0 Å². The summed E-state index contributed by atoms with van der Waals surface area (Å²) in [4.78, 5) is 24.3. The van der Waals surface area contributed by atoms with Gasteiger partial charge >= 0.3 is 5.97 Å². The van der Waals surface area contributed by atoms with Crippen LogP contribution in [0.15, 0.2) is 53.4 Å². The monoisotopic (exact) mass is 623 g/mol. The molecule has 10 heteroatoms. The Labute approximate surface area is 261 Å². The quantitative estimate of drug-likeness (QED) is 0.166. The number of anilines is 4. The van der Waals surface area contributed by atoms with E-state index in [9.17, 15) is 18.0 Å². The molecule has 3 aromatic rings. The summed E-state index contributed by atoms with van der Waals surface area (Å²) in [5.41, 5.74) is 5.51. The Morgan fingerprint density at radius 3 is 1.95 bits per heavy atom. The lowest BCUT2D eigenvalue weighted by molar-refractivity contribution is -0.141. The van der Waals surface area contributed by atoms with Crippen molar-refractivity contribution in [2.75, 3.05) is 29.1 Å². The third kappa shape index (κ3) is 8.75. The van der Waals surface area contributed by atoms with Gasteiger partial charge < -0.3 is 20.1 Å². The van der Waals surface area contributed by atoms with Gasteiger partial charge in [0.05, 0.1) is 35.5 Å². The van der Waals surface area contributed by atoms with Crippen molar-refractivity contribution in [3.8, 4) is 5.75 Å². The van der Waals surface area contributed by atoms with Gasteiger partial charge in [0, 0.05) is 12.6 Å². The van der Waals surface area contributed by atoms with E-state index in [-0.39, 0.29) is 41.4 Å². The van der Waals surface area contributed by atoms with E-state index in [1.54, 1.807) is 25.3 Å². The summed E-state index contributed by atoms with van der Waals surface area (Å²) in [7, 11) is -2.42. The molecule has 3 rings (SSSR count). The van der Waals surface area contributed by atoms with Crippen LogP contribution >= 0.6 is 0 Å². The molecule has 0 unspecified atom stereocenters. The number of aryl methyl sites for hydroxylation is 1. The third-order valence-electron chi connectivity index (χ3n) is 7.23. The number of methoxy groups -OCH3 is 1. The fraction of sp³-hybridized carbons (Fsp3) is 0.412. The lowest BCUT2D eigenvalue weighted by Gasteiger charge is -2.23. The van der Waals surface area contributed by atoms with E-state index in [0.29, 0.717) is 17.1 Å². The van der Waals surface area contributed by atoms with E-state index in [4.69, 9.17) is 9.47 Å². The van der Waals surface area contributed by atoms with Gasteiger partial charge in [-0.3, -0.25) is 14.3 Å². The van der Waals surface area contributed by atoms with Gasteiger partial charge in [-0.05, 0) is 83.3 Å². The molecule has 0 atom stereocenters. The van der Waals surface area contributed by atoms with Crippen molar-refractivity contribution >= 4 is 44.6 Å². The van der Waals surface area contributed by atoms with Crippen molar-refractivity contribution in [2.45, 2.75) is 84.5 Å². The molecule has 3 N–H and O–H groups in total. The molecule has 0 aliphatic heterocycles. The second kappa shape index (κ2) is 14.6. The maximum atomic E-state index is 14.1. The molecule has 238 valence electrons. The second-order valence-electron chi connectivity index (χ2n) is 11.8. The molecule has 0 aliphatic carbocycles. The summed E-state index contributed by atoms with van der Waals surface area (Å²) in [5.74, 6) is 0.0351. The lowest BCUT2D eigenvalue weighted by Crippen LogP contribution is -2.20. The average molecular weight is 624 g/mol. The van der Waals surface area contributed by atoms with Crippen molar-refractivity contribution in [3.05, 3.63) is 70.8 Å². The first-order valence-electron chi connectivity index (χ1n) is 14.8. The Balaban J connectivity index is 2.06. The summed E-state index contributed by atoms with van der Waals surface area (Å²) in [6.45, 7) is 15.3. The molecule has 3 aromatic carbocycles. The first kappa shape index (κ1) is 34.4. The number of ether oxygens (including phenoxy) is 2. The molecule has 0 aromatic heterocycles. The SMILES string of the molecule is COc1ccc(Nc2ccc(NS(=O)(=O)c3c(C(C)C)cc(C(C)C)cc3C(C)C)cc2NC(=O)CCOC(C)=O)c(C)c1. The first-order valence-corrected chi connectivity index (χ1v) is 16.3. The molecule has 9 nitrogen and oxygen atoms in total. The van der Waals surface area contributed by atoms with E-state index in [2.05, 4.69) is 29.2 Å². The Bertz CT molecular complexity index is 1580. The zero-order valence-corrected chi connectivity index (χ0v) is 27.9. The minimum absolute atomic E-state index is 0.0239. The highest BCUT2D eigenvalue weighted by atomic mass is 32.2. The molecule has 0 saturated heterocycles. The van der Waals surface area contributed by atoms with Gasteiger partial charge in [0.25, 0.3) is 10.0 Å². The van der Waals surface area contributed by atoms with Crippen molar-refractivity contribution < 1.29 is 27.5 Å². The molecule has 0 bridgehead atoms. The Kier molecular flexibility index (Phi) is 11.4. The van der Waals surface area contributed by atoms with E-state index in [0.717, 1.165) is 27.9 Å². The number of carbonyl (C=O) groups excluding carboxylic acids is 2. The minimum atomic E-state index is -4.02. The molecule has 0 saturated carbocycles. The van der Waals surface area contributed by atoms with Gasteiger partial charge in [0.1, 0.15) is 12.4 Å². The number of carbonyl (C=O) groups is 2. The van der Waals surface area contributed by atoms with Crippen molar-refractivity contribution in [3.63, 3.8) is 0 Å². The maximum Gasteiger partial charge on any atom is 0.302 e. The summed E-state index contributed by atoms with van der Waals surface area (Å²) in [6.07, 6.45) is -0.0613. The highest BCUT2D eigenvalue weighted by Gasteiger charge is 2.27. The highest BCUT2D eigenvalue weighted by molar-refractivity contribution is 7.92. The number of esters is 1. The van der Waals surface area contributed by atoms with Crippen LogP contribution < -0.4 is 20.1 Å². The van der Waals surface area contributed by atoms with Gasteiger partial charge in [-0.1, -0.05) is 53.7 Å². The van der Waals surface area contributed by atoms with Crippen LogP contribution in [0.3, 0.4) is 0 Å². The van der Waals surface area contributed by atoms with Crippen molar-refractivity contribution in [1.29, 1.82) is 0 Å². The number of sulfonamides is 1. The second-order valence-corrected chi connectivity index (χ2v) is 13.4. The molecular weight excluding hydrogens is 578 g/mol. The molecule has 0 radical (unpaired) electrons. The number of hydrogen-bond donors (Lipinski definition) is 3. The smallest absolute Gasteiger partial charge is 0.302 e. The predicted molar refractivity (Wildman–Crippen MR) is 177 cm³/mol. The summed E-state index contributed by atoms with van der Waals surface area (Å²) < 4.78 is 41.2. The molecule has 0 spiro atoms. The van der Waals surface area contributed by atoms with Crippen molar-refractivity contribution in [1.82, 2.24) is 0 Å². The topological polar surface area (TPSA) is 123 Å². The number of nitrogens with one attached hydrogen (secondary N) is 3. The molecular formula is C34H45N3O6S. The van der Waals surface area contributed by atoms with Crippen LogP contribution in [0.4, 0.5) is 22.7 Å². The molecule has 0 heterocycles. The zero-order chi connectivity index (χ0) is 32.8. The molecule has 0 fully saturated rings. The van der Waals surface area contributed by atoms with Gasteiger partial charge in [-0.15, -0.1) is 0 Å². The fourth-order valence-electron chi connectivity index (χ4n) is 4.77. The van der Waals surface area contributed by atoms with E-state index in [1.165, 1.54) is 6.92 Å². The van der Waals surface area contributed by atoms with Crippen LogP contribution in [-0.2, 0) is 24.3 Å². The number of hydrogen-bond acceptors (Lipinski definition) is 7. The van der Waals surface area contributed by atoms with Crippen LogP contribution in [0.2, 0.25) is 0 Å². The summed E-state index contributed by atoms with van der Waals surface area (Å²) >= 11 is 0. The maximum absolute atomic E-state index is 14.1. The van der Waals surface area contributed by atoms with E-state index >= 15 is 0 Å². The fourth-order valence-corrected chi connectivity index (χ4v) is 6.52. The third-order valence-corrected chi connectivity index (χ3v) is 8.74. The van der Waals surface area contributed by atoms with Crippen LogP contribution in [0.1, 0.15) is 94.9 Å². The van der Waals surface area contributed by atoms with E-state index < -0.39 is 21.9 Å². The first-order chi connectivity index (χ1) is 20.6. The Hall–Kier alpha value is -4.05. The largest absolute Gasteiger partial charge is 0.497 e. The number of benzene rings is 3. The van der Waals surface area contributed by atoms with Crippen LogP contribution in [-0.4, -0.2) is 34.0 Å². The lowest BCUT2D eigenvalue weighted by atomic mass is 9.89. The van der Waals surface area contributed by atoms with Gasteiger partial charge in [-0.2, -0.15) is 0 Å². The standard InChI is InChI=1S/C34H45N3O6S/c1-20(2)25-17-28(21(3)4)34(29(18-25)22(5)6)44(40,41)37-26-10-12-31(35-30-13-11-27(42-9)16-23(30)7)32(19-26)36-33(39)14-15-43-24(8)38/h10-13,16-22,35,37H,14-15H2,1-9H3,(H,36,39). The van der Waals surface area contributed by atoms with Crippen LogP contribution in [0, 0.1) is 6.92 Å². The normalized spacial score (nSPS) is 11.5. The van der Waals surface area contributed by atoms with Gasteiger partial charge in [0.15, 0.2) is 0 Å². The zero-order valence-electron chi connectivity index (χ0n) is 27.1. The Morgan fingerprint density at radius 1 is 0.818 bits per heavy atom. The number of rotatable bonds is 13. The molecule has 44 heavy (non-hydrogen) atoms. The molecule has 0 aliphatic rings. The minimum Gasteiger partial charge on any atom is -0.497 e. The van der Waals surface area contributed by atoms with Crippen molar-refractivity contribution in [2.24, 2.45) is 0 Å². The predicted octanol–water partition coefficient (Wildman–Crippen LogP) is 7.81. The highest BCUT2D eigenvalue weighted by Crippen LogP contribution is 2.37. The van der Waals surface area contributed by atoms with Gasteiger partial charge in [-0.25, -0.2) is 8.42 Å². The van der Waals surface area contributed by atoms with Gasteiger partial charge in [0.2, 0.25) is 5.91 Å². The Morgan fingerprint density at radius 2 is 1.43 bits per heavy atom.